The summed E-state index contributed by atoms with van der Waals surface area (Å²) in [5, 5.41) is 13.9. The van der Waals surface area contributed by atoms with Crippen LogP contribution in [0.4, 0.5) is 0 Å². The van der Waals surface area contributed by atoms with Crippen molar-refractivity contribution in [1.82, 2.24) is 0 Å². The van der Waals surface area contributed by atoms with Gasteiger partial charge in [-0.1, -0.05) is 36.6 Å². The Balaban J connectivity index is 2.21. The van der Waals surface area contributed by atoms with Crippen LogP contribution in [-0.2, 0) is 29.6 Å². The van der Waals surface area contributed by atoms with Gasteiger partial charge >= 0.3 is 0 Å². The highest BCUT2D eigenvalue weighted by Gasteiger charge is 2.26. The largest absolute Gasteiger partial charge is 0.493 e. The van der Waals surface area contributed by atoms with Crippen LogP contribution in [0.25, 0.3) is 32.3 Å². The molecule has 4 rings (SSSR count). The molecule has 10 nitrogen and oxygen atoms in total. The molecule has 0 radical (unpaired) electrons. The lowest BCUT2D eigenvalue weighted by molar-refractivity contribution is -0.432. The maximum absolute atomic E-state index is 12.2. The Kier molecular flexibility index (Phi) is 6.41. The SMILES string of the molecule is CCCCOc1cc(S(=O)(=O)O)c2ccc3c(S(=O)(=O)O)cc(SOOO)c4ccc1c2c43. The maximum atomic E-state index is 12.2. The molecule has 0 saturated carbocycles. The Morgan fingerprint density at radius 2 is 1.39 bits per heavy atom. The molecule has 0 aliphatic heterocycles. The van der Waals surface area contributed by atoms with Gasteiger partial charge in [-0.05, 0) is 23.9 Å². The lowest BCUT2D eigenvalue weighted by Gasteiger charge is -2.19. The van der Waals surface area contributed by atoms with Crippen molar-refractivity contribution in [3.05, 3.63) is 36.4 Å². The Morgan fingerprint density at radius 1 is 0.848 bits per heavy atom. The second-order valence-corrected chi connectivity index (χ2v) is 10.7. The Hall–Kier alpha value is -2.23. The first-order chi connectivity index (χ1) is 15.6. The van der Waals surface area contributed by atoms with E-state index in [1.807, 2.05) is 6.92 Å². The van der Waals surface area contributed by atoms with Gasteiger partial charge in [0.2, 0.25) is 0 Å². The fourth-order valence-electron chi connectivity index (χ4n) is 3.86. The molecule has 0 bridgehead atoms. The molecule has 4 aromatic carbocycles. The third-order valence-corrected chi connectivity index (χ3v) is 7.65. The summed E-state index contributed by atoms with van der Waals surface area (Å²) in [6.45, 7) is 2.26. The third kappa shape index (κ3) is 4.34. The summed E-state index contributed by atoms with van der Waals surface area (Å²) in [5.41, 5.74) is 0. The molecule has 176 valence electrons. The fourth-order valence-corrected chi connectivity index (χ4v) is 5.88. The third-order valence-electron chi connectivity index (χ3n) is 5.21. The van der Waals surface area contributed by atoms with Gasteiger partial charge in [0.25, 0.3) is 20.2 Å². The molecule has 0 saturated heterocycles. The first kappa shape index (κ1) is 23.9. The van der Waals surface area contributed by atoms with Crippen LogP contribution in [0, 0.1) is 0 Å². The molecule has 0 spiro atoms. The highest BCUT2D eigenvalue weighted by atomic mass is 32.2. The van der Waals surface area contributed by atoms with Crippen molar-refractivity contribution < 1.29 is 45.3 Å². The van der Waals surface area contributed by atoms with Crippen LogP contribution in [0.15, 0.2) is 51.1 Å². The maximum Gasteiger partial charge on any atom is 0.295 e. The van der Waals surface area contributed by atoms with E-state index in [0.29, 0.717) is 41.2 Å². The normalized spacial score (nSPS) is 12.8. The van der Waals surface area contributed by atoms with Gasteiger partial charge in [-0.25, -0.2) is 5.26 Å². The van der Waals surface area contributed by atoms with E-state index in [0.717, 1.165) is 12.5 Å². The Bertz CT molecular complexity index is 1560. The molecular formula is C20H18O10S3. The monoisotopic (exact) mass is 514 g/mol. The lowest BCUT2D eigenvalue weighted by Crippen LogP contribution is -2.05. The van der Waals surface area contributed by atoms with Crippen molar-refractivity contribution in [2.75, 3.05) is 6.61 Å². The highest BCUT2D eigenvalue weighted by Crippen LogP contribution is 2.46. The van der Waals surface area contributed by atoms with E-state index in [2.05, 4.69) is 9.37 Å². The number of benzene rings is 4. The molecule has 13 heteroatoms. The van der Waals surface area contributed by atoms with E-state index in [1.54, 1.807) is 12.1 Å². The van der Waals surface area contributed by atoms with E-state index < -0.39 is 30.0 Å². The molecule has 0 aliphatic rings. The average molecular weight is 515 g/mol. The van der Waals surface area contributed by atoms with Crippen LogP contribution in [0.5, 0.6) is 5.75 Å². The molecular weight excluding hydrogens is 496 g/mol. The average Bonchev–Trinajstić information content (AvgIpc) is 2.75. The molecule has 0 aliphatic carbocycles. The molecule has 3 N–H and O–H groups in total. The predicted molar refractivity (Wildman–Crippen MR) is 121 cm³/mol. The molecule has 0 unspecified atom stereocenters. The molecule has 0 fully saturated rings. The van der Waals surface area contributed by atoms with E-state index >= 15 is 0 Å². The van der Waals surface area contributed by atoms with Crippen molar-refractivity contribution in [3.8, 4) is 5.75 Å². The predicted octanol–water partition coefficient (Wildman–Crippen LogP) is 4.68. The molecule has 0 atom stereocenters. The molecule has 4 aromatic rings. The number of unbranched alkanes of at least 4 members (excludes halogenated alkanes) is 1. The summed E-state index contributed by atoms with van der Waals surface area (Å²) in [6.07, 6.45) is 1.54. The molecule has 0 amide bonds. The van der Waals surface area contributed by atoms with Gasteiger partial charge < -0.3 is 4.74 Å². The second-order valence-electron chi connectivity index (χ2n) is 7.20. The topological polar surface area (TPSA) is 157 Å². The quantitative estimate of drug-likeness (QED) is 0.0711. The number of hydrogen-bond acceptors (Lipinski definition) is 9. The summed E-state index contributed by atoms with van der Waals surface area (Å²) in [7, 11) is -9.39. The van der Waals surface area contributed by atoms with Crippen molar-refractivity contribution in [2.24, 2.45) is 0 Å². The minimum absolute atomic E-state index is 0.117. The van der Waals surface area contributed by atoms with Gasteiger partial charge in [0.15, 0.2) is 0 Å². The van der Waals surface area contributed by atoms with E-state index in [9.17, 15) is 25.9 Å². The van der Waals surface area contributed by atoms with Gasteiger partial charge in [0.05, 0.1) is 18.6 Å². The van der Waals surface area contributed by atoms with Gasteiger partial charge in [-0.3, -0.25) is 9.11 Å². The van der Waals surface area contributed by atoms with Crippen LogP contribution in [-0.4, -0.2) is 37.8 Å². The van der Waals surface area contributed by atoms with Gasteiger partial charge in [0.1, 0.15) is 15.5 Å². The summed E-state index contributed by atoms with van der Waals surface area (Å²) in [6, 6.07) is 8.38. The fraction of sp³-hybridized carbons (Fsp3) is 0.200. The summed E-state index contributed by atoms with van der Waals surface area (Å²) in [5.74, 6) is 0.194. The smallest absolute Gasteiger partial charge is 0.295 e. The highest BCUT2D eigenvalue weighted by molar-refractivity contribution is 7.94. The number of hydrogen-bond donors (Lipinski definition) is 3. The zero-order valence-corrected chi connectivity index (χ0v) is 19.5. The van der Waals surface area contributed by atoms with Crippen LogP contribution >= 0.6 is 12.0 Å². The van der Waals surface area contributed by atoms with Crippen LogP contribution in [0.1, 0.15) is 19.8 Å². The Labute approximate surface area is 192 Å². The first-order valence-corrected chi connectivity index (χ1v) is 13.2. The Morgan fingerprint density at radius 3 is 1.97 bits per heavy atom. The van der Waals surface area contributed by atoms with Crippen molar-refractivity contribution in [3.63, 3.8) is 0 Å². The second kappa shape index (κ2) is 8.85. The van der Waals surface area contributed by atoms with Crippen molar-refractivity contribution in [1.29, 1.82) is 0 Å². The van der Waals surface area contributed by atoms with Crippen molar-refractivity contribution in [2.45, 2.75) is 34.5 Å². The summed E-state index contributed by atoms with van der Waals surface area (Å²) >= 11 is 0.487. The summed E-state index contributed by atoms with van der Waals surface area (Å²) < 4.78 is 78.7. The van der Waals surface area contributed by atoms with Gasteiger partial charge in [-0.2, -0.15) is 16.8 Å². The first-order valence-electron chi connectivity index (χ1n) is 9.59. The molecule has 0 heterocycles. The number of ether oxygens (including phenoxy) is 1. The minimum atomic E-state index is -4.71. The zero-order chi connectivity index (χ0) is 24.0. The van der Waals surface area contributed by atoms with Gasteiger partial charge in [0, 0.05) is 37.9 Å². The molecule has 0 aromatic heterocycles. The number of rotatable bonds is 9. The van der Waals surface area contributed by atoms with Crippen LogP contribution < -0.4 is 4.74 Å². The van der Waals surface area contributed by atoms with Crippen LogP contribution in [0.2, 0.25) is 0 Å². The summed E-state index contributed by atoms with van der Waals surface area (Å²) in [4.78, 5) is -0.708. The van der Waals surface area contributed by atoms with Gasteiger partial charge in [-0.15, -0.1) is 4.33 Å². The molecule has 33 heavy (non-hydrogen) atoms. The van der Waals surface area contributed by atoms with E-state index in [4.69, 9.17) is 9.99 Å². The minimum Gasteiger partial charge on any atom is -0.493 e. The van der Waals surface area contributed by atoms with Crippen LogP contribution in [0.3, 0.4) is 0 Å². The van der Waals surface area contributed by atoms with E-state index in [1.165, 1.54) is 18.2 Å². The lowest BCUT2D eigenvalue weighted by atomic mass is 9.93. The standard InChI is InChI=1S/C20H18O10S3/c1-2-3-8-28-15-9-17(32(22,23)24)13-6-7-14-18(33(25,26)27)10-16(31-30-29-21)12-5-4-11(15)19(13)20(12)14/h4-7,9-10,21H,2-3,8H2,1H3,(H,22,23,24)(H,25,26,27). The zero-order valence-electron chi connectivity index (χ0n) is 17.0. The van der Waals surface area contributed by atoms with E-state index in [-0.39, 0.29) is 26.8 Å². The van der Waals surface area contributed by atoms with Crippen molar-refractivity contribution >= 4 is 64.6 Å².